The van der Waals surface area contributed by atoms with Crippen LogP contribution in [0.1, 0.15) is 56.7 Å². The second kappa shape index (κ2) is 9.34. The standard InChI is InChI=1S/C27H31NO3/c1-6-16-31-26(30)25-19(2)28(18-20-10-8-7-9-11-20)24(29)17-23(25)21-12-14-22(15-13-21)27(3,4)5/h6-15,23H,1,16-18H2,2-5H3. The molecule has 2 aromatic rings. The largest absolute Gasteiger partial charge is 0.458 e. The van der Waals surface area contributed by atoms with Crippen LogP contribution in [0.15, 0.2) is 78.5 Å². The first kappa shape index (κ1) is 22.5. The van der Waals surface area contributed by atoms with Crippen LogP contribution in [0.3, 0.4) is 0 Å². The molecule has 0 fully saturated rings. The Balaban J connectivity index is 2.01. The predicted molar refractivity (Wildman–Crippen MR) is 123 cm³/mol. The lowest BCUT2D eigenvalue weighted by atomic mass is 9.81. The van der Waals surface area contributed by atoms with Crippen LogP contribution in [-0.4, -0.2) is 23.4 Å². The van der Waals surface area contributed by atoms with Gasteiger partial charge in [0.1, 0.15) is 6.61 Å². The third-order valence-electron chi connectivity index (χ3n) is 5.74. The van der Waals surface area contributed by atoms with Gasteiger partial charge in [-0.05, 0) is 29.0 Å². The van der Waals surface area contributed by atoms with Gasteiger partial charge in [0.2, 0.25) is 5.91 Å². The van der Waals surface area contributed by atoms with E-state index >= 15 is 0 Å². The van der Waals surface area contributed by atoms with E-state index in [9.17, 15) is 9.59 Å². The van der Waals surface area contributed by atoms with Crippen molar-refractivity contribution in [3.8, 4) is 0 Å². The van der Waals surface area contributed by atoms with Crippen LogP contribution in [0.4, 0.5) is 0 Å². The molecular weight excluding hydrogens is 386 g/mol. The fourth-order valence-electron chi connectivity index (χ4n) is 3.95. The van der Waals surface area contributed by atoms with E-state index in [2.05, 4.69) is 39.5 Å². The molecule has 1 aliphatic rings. The fourth-order valence-corrected chi connectivity index (χ4v) is 3.95. The third kappa shape index (κ3) is 5.13. The minimum absolute atomic E-state index is 0.00604. The lowest BCUT2D eigenvalue weighted by molar-refractivity contribution is -0.139. The van der Waals surface area contributed by atoms with Crippen molar-refractivity contribution in [2.45, 2.75) is 52.0 Å². The normalized spacial score (nSPS) is 17.0. The zero-order chi connectivity index (χ0) is 22.6. The van der Waals surface area contributed by atoms with Gasteiger partial charge in [-0.3, -0.25) is 4.79 Å². The second-order valence-electron chi connectivity index (χ2n) is 8.98. The van der Waals surface area contributed by atoms with Gasteiger partial charge in [0.25, 0.3) is 0 Å². The Hall–Kier alpha value is -3.14. The molecule has 1 unspecified atom stereocenters. The van der Waals surface area contributed by atoms with Crippen molar-refractivity contribution in [1.29, 1.82) is 0 Å². The Morgan fingerprint density at radius 1 is 1.13 bits per heavy atom. The van der Waals surface area contributed by atoms with Crippen LogP contribution in [0.5, 0.6) is 0 Å². The molecule has 0 radical (unpaired) electrons. The summed E-state index contributed by atoms with van der Waals surface area (Å²) in [5, 5.41) is 0. The minimum Gasteiger partial charge on any atom is -0.458 e. The molecule has 0 bridgehead atoms. The van der Waals surface area contributed by atoms with Crippen molar-refractivity contribution in [2.75, 3.05) is 6.61 Å². The van der Waals surface area contributed by atoms with Crippen LogP contribution in [0.25, 0.3) is 0 Å². The van der Waals surface area contributed by atoms with E-state index in [1.807, 2.05) is 49.4 Å². The van der Waals surface area contributed by atoms with Gasteiger partial charge in [-0.15, -0.1) is 0 Å². The van der Waals surface area contributed by atoms with E-state index < -0.39 is 5.97 Å². The van der Waals surface area contributed by atoms with Crippen LogP contribution in [-0.2, 0) is 26.3 Å². The van der Waals surface area contributed by atoms with E-state index in [0.717, 1.165) is 11.1 Å². The highest BCUT2D eigenvalue weighted by Crippen LogP contribution is 2.38. The van der Waals surface area contributed by atoms with Crippen molar-refractivity contribution in [3.63, 3.8) is 0 Å². The molecule has 1 aliphatic heterocycles. The number of nitrogens with zero attached hydrogens (tertiary/aromatic N) is 1. The van der Waals surface area contributed by atoms with Crippen LogP contribution >= 0.6 is 0 Å². The maximum Gasteiger partial charge on any atom is 0.336 e. The summed E-state index contributed by atoms with van der Waals surface area (Å²) < 4.78 is 5.41. The molecule has 1 heterocycles. The summed E-state index contributed by atoms with van der Waals surface area (Å²) in [6.45, 7) is 12.5. The van der Waals surface area contributed by atoms with Gasteiger partial charge >= 0.3 is 5.97 Å². The van der Waals surface area contributed by atoms with E-state index in [0.29, 0.717) is 17.8 Å². The number of hydrogen-bond acceptors (Lipinski definition) is 3. The number of carbonyl (C=O) groups excluding carboxylic acids is 2. The summed E-state index contributed by atoms with van der Waals surface area (Å²) in [7, 11) is 0. The van der Waals surface area contributed by atoms with E-state index in [-0.39, 0.29) is 30.3 Å². The average molecular weight is 418 g/mol. The summed E-state index contributed by atoms with van der Waals surface area (Å²) in [6, 6.07) is 18.0. The first-order valence-corrected chi connectivity index (χ1v) is 10.7. The lowest BCUT2D eigenvalue weighted by Gasteiger charge is -2.34. The molecule has 0 spiro atoms. The summed E-state index contributed by atoms with van der Waals surface area (Å²) in [5.41, 5.74) is 4.40. The van der Waals surface area contributed by atoms with E-state index in [1.165, 1.54) is 5.56 Å². The molecule has 0 saturated carbocycles. The van der Waals surface area contributed by atoms with Gasteiger partial charge in [-0.2, -0.15) is 0 Å². The third-order valence-corrected chi connectivity index (χ3v) is 5.74. The lowest BCUT2D eigenvalue weighted by Crippen LogP contribution is -2.38. The highest BCUT2D eigenvalue weighted by molar-refractivity contribution is 5.95. The molecule has 4 heteroatoms. The molecule has 162 valence electrons. The topological polar surface area (TPSA) is 46.6 Å². The van der Waals surface area contributed by atoms with Gasteiger partial charge in [0.15, 0.2) is 0 Å². The maximum atomic E-state index is 13.1. The number of ether oxygens (including phenoxy) is 1. The number of benzene rings is 2. The van der Waals surface area contributed by atoms with Crippen molar-refractivity contribution < 1.29 is 14.3 Å². The summed E-state index contributed by atoms with van der Waals surface area (Å²) in [5.74, 6) is -0.717. The minimum atomic E-state index is -0.396. The monoisotopic (exact) mass is 417 g/mol. The van der Waals surface area contributed by atoms with Crippen molar-refractivity contribution in [1.82, 2.24) is 4.90 Å². The number of rotatable bonds is 6. The number of esters is 1. The number of hydrogen-bond donors (Lipinski definition) is 0. The number of carbonyl (C=O) groups is 2. The maximum absolute atomic E-state index is 13.1. The molecule has 1 amide bonds. The highest BCUT2D eigenvalue weighted by Gasteiger charge is 2.37. The molecule has 3 rings (SSSR count). The van der Waals surface area contributed by atoms with Gasteiger partial charge in [0, 0.05) is 18.0 Å². The summed E-state index contributed by atoms with van der Waals surface area (Å²) in [6.07, 6.45) is 1.79. The molecule has 0 aliphatic carbocycles. The molecule has 0 saturated heterocycles. The fraction of sp³-hybridized carbons (Fsp3) is 0.333. The molecule has 4 nitrogen and oxygen atoms in total. The molecule has 0 aromatic heterocycles. The zero-order valence-corrected chi connectivity index (χ0v) is 18.9. The van der Waals surface area contributed by atoms with Crippen LogP contribution in [0, 0.1) is 0 Å². The van der Waals surface area contributed by atoms with Crippen LogP contribution < -0.4 is 0 Å². The van der Waals surface area contributed by atoms with Gasteiger partial charge in [-0.1, -0.05) is 88.0 Å². The van der Waals surface area contributed by atoms with Crippen molar-refractivity contribution >= 4 is 11.9 Å². The number of amides is 1. The van der Waals surface area contributed by atoms with Crippen molar-refractivity contribution in [2.24, 2.45) is 0 Å². The Labute approximate surface area is 185 Å². The van der Waals surface area contributed by atoms with Crippen molar-refractivity contribution in [3.05, 3.63) is 95.2 Å². The Morgan fingerprint density at radius 2 is 1.77 bits per heavy atom. The first-order valence-electron chi connectivity index (χ1n) is 10.7. The van der Waals surface area contributed by atoms with Gasteiger partial charge < -0.3 is 9.64 Å². The van der Waals surface area contributed by atoms with Gasteiger partial charge in [0.05, 0.1) is 12.1 Å². The van der Waals surface area contributed by atoms with Crippen LogP contribution in [0.2, 0.25) is 0 Å². The van der Waals surface area contributed by atoms with E-state index in [4.69, 9.17) is 4.74 Å². The summed E-state index contributed by atoms with van der Waals surface area (Å²) in [4.78, 5) is 27.8. The molecular formula is C27H31NO3. The second-order valence-corrected chi connectivity index (χ2v) is 8.98. The SMILES string of the molecule is C=CCOC(=O)C1=C(C)N(Cc2ccccc2)C(=O)CC1c1ccc(C(C)(C)C)cc1. The summed E-state index contributed by atoms with van der Waals surface area (Å²) >= 11 is 0. The van der Waals surface area contributed by atoms with E-state index in [1.54, 1.807) is 11.0 Å². The van der Waals surface area contributed by atoms with Gasteiger partial charge in [-0.25, -0.2) is 4.79 Å². The molecule has 2 aromatic carbocycles. The molecule has 1 atom stereocenters. The Morgan fingerprint density at radius 3 is 2.35 bits per heavy atom. The quantitative estimate of drug-likeness (QED) is 0.460. The number of allylic oxidation sites excluding steroid dienone is 1. The highest BCUT2D eigenvalue weighted by atomic mass is 16.5. The Kier molecular flexibility index (Phi) is 6.79. The zero-order valence-electron chi connectivity index (χ0n) is 18.9. The molecule has 0 N–H and O–H groups in total. The first-order chi connectivity index (χ1) is 14.7. The predicted octanol–water partition coefficient (Wildman–Crippen LogP) is 5.50. The molecule has 31 heavy (non-hydrogen) atoms. The average Bonchev–Trinajstić information content (AvgIpc) is 2.74. The Bertz CT molecular complexity index is 981. The smallest absolute Gasteiger partial charge is 0.336 e.